The lowest BCUT2D eigenvalue weighted by Gasteiger charge is -2.24. The molecule has 19 heavy (non-hydrogen) atoms. The number of aryl methyl sites for hydroxylation is 1. The van der Waals surface area contributed by atoms with Crippen molar-refractivity contribution in [2.75, 3.05) is 18.8 Å². The van der Waals surface area contributed by atoms with Crippen LogP contribution in [0.5, 0.6) is 0 Å². The SMILES string of the molecule is Cc1cnc(CN(CCC#N)CC(C)C)c(C)c1N. The summed E-state index contributed by atoms with van der Waals surface area (Å²) in [6, 6.07) is 2.21. The van der Waals surface area contributed by atoms with Crippen molar-refractivity contribution in [2.45, 2.75) is 40.7 Å². The van der Waals surface area contributed by atoms with Crippen LogP contribution in [0.2, 0.25) is 0 Å². The van der Waals surface area contributed by atoms with Crippen molar-refractivity contribution in [2.24, 2.45) is 5.92 Å². The maximum atomic E-state index is 8.74. The van der Waals surface area contributed by atoms with E-state index in [0.717, 1.165) is 42.1 Å². The zero-order chi connectivity index (χ0) is 14.4. The van der Waals surface area contributed by atoms with Crippen LogP contribution in [0.3, 0.4) is 0 Å². The summed E-state index contributed by atoms with van der Waals surface area (Å²) in [6.07, 6.45) is 2.38. The van der Waals surface area contributed by atoms with Crippen LogP contribution in [0, 0.1) is 31.1 Å². The van der Waals surface area contributed by atoms with Crippen LogP contribution in [0.1, 0.15) is 37.1 Å². The van der Waals surface area contributed by atoms with Crippen LogP contribution < -0.4 is 5.73 Å². The number of nitrogens with zero attached hydrogens (tertiary/aromatic N) is 3. The first-order valence-corrected chi connectivity index (χ1v) is 6.75. The molecular formula is C15H24N4. The van der Waals surface area contributed by atoms with E-state index in [-0.39, 0.29) is 0 Å². The Labute approximate surface area is 116 Å². The fourth-order valence-corrected chi connectivity index (χ4v) is 2.12. The van der Waals surface area contributed by atoms with E-state index < -0.39 is 0 Å². The van der Waals surface area contributed by atoms with E-state index in [4.69, 9.17) is 11.0 Å². The lowest BCUT2D eigenvalue weighted by molar-refractivity contribution is 0.238. The van der Waals surface area contributed by atoms with Crippen molar-refractivity contribution in [1.29, 1.82) is 5.26 Å². The van der Waals surface area contributed by atoms with Gasteiger partial charge in [-0.2, -0.15) is 5.26 Å². The minimum atomic E-state index is 0.549. The summed E-state index contributed by atoms with van der Waals surface area (Å²) in [5.74, 6) is 0.571. The molecule has 4 nitrogen and oxygen atoms in total. The summed E-state index contributed by atoms with van der Waals surface area (Å²) < 4.78 is 0. The van der Waals surface area contributed by atoms with Crippen molar-refractivity contribution in [1.82, 2.24) is 9.88 Å². The van der Waals surface area contributed by atoms with Crippen LogP contribution in [0.15, 0.2) is 6.20 Å². The Balaban J connectivity index is 2.84. The van der Waals surface area contributed by atoms with Crippen LogP contribution in [0.4, 0.5) is 5.69 Å². The molecule has 0 saturated carbocycles. The summed E-state index contributed by atoms with van der Waals surface area (Å²) in [5, 5.41) is 8.74. The Kier molecular flexibility index (Phi) is 5.78. The molecule has 0 atom stereocenters. The molecule has 0 spiro atoms. The topological polar surface area (TPSA) is 65.9 Å². The third-order valence-corrected chi connectivity index (χ3v) is 3.21. The molecule has 104 valence electrons. The molecule has 0 bridgehead atoms. The number of aromatic nitrogens is 1. The molecule has 0 unspecified atom stereocenters. The first-order chi connectivity index (χ1) is 8.95. The fraction of sp³-hybridized carbons (Fsp3) is 0.600. The third kappa shape index (κ3) is 4.53. The number of rotatable bonds is 6. The van der Waals surface area contributed by atoms with Crippen LogP contribution in [-0.4, -0.2) is 23.0 Å². The van der Waals surface area contributed by atoms with Gasteiger partial charge in [0.25, 0.3) is 0 Å². The maximum absolute atomic E-state index is 8.74. The Morgan fingerprint density at radius 2 is 2.11 bits per heavy atom. The van der Waals surface area contributed by atoms with Crippen LogP contribution >= 0.6 is 0 Å². The van der Waals surface area contributed by atoms with Gasteiger partial charge in [-0.3, -0.25) is 9.88 Å². The van der Waals surface area contributed by atoms with E-state index in [0.29, 0.717) is 12.3 Å². The van der Waals surface area contributed by atoms with E-state index in [1.165, 1.54) is 0 Å². The minimum Gasteiger partial charge on any atom is -0.398 e. The number of pyridine rings is 1. The van der Waals surface area contributed by atoms with Crippen molar-refractivity contribution < 1.29 is 0 Å². The highest BCUT2D eigenvalue weighted by atomic mass is 15.1. The summed E-state index contributed by atoms with van der Waals surface area (Å²) >= 11 is 0. The summed E-state index contributed by atoms with van der Waals surface area (Å²) in [6.45, 7) is 10.9. The van der Waals surface area contributed by atoms with Gasteiger partial charge in [0, 0.05) is 37.9 Å². The highest BCUT2D eigenvalue weighted by Gasteiger charge is 2.12. The molecule has 0 aliphatic rings. The van der Waals surface area contributed by atoms with E-state index in [9.17, 15) is 0 Å². The van der Waals surface area contributed by atoms with Gasteiger partial charge < -0.3 is 5.73 Å². The van der Waals surface area contributed by atoms with E-state index in [1.54, 1.807) is 0 Å². The average Bonchev–Trinajstić information content (AvgIpc) is 2.36. The number of anilines is 1. The summed E-state index contributed by atoms with van der Waals surface area (Å²) in [4.78, 5) is 6.77. The second-order valence-corrected chi connectivity index (χ2v) is 5.46. The van der Waals surface area contributed by atoms with Gasteiger partial charge >= 0.3 is 0 Å². The summed E-state index contributed by atoms with van der Waals surface area (Å²) in [7, 11) is 0. The largest absolute Gasteiger partial charge is 0.398 e. The molecule has 0 aromatic carbocycles. The number of nitrogen functional groups attached to an aromatic ring is 1. The van der Waals surface area contributed by atoms with Gasteiger partial charge in [-0.25, -0.2) is 0 Å². The Morgan fingerprint density at radius 3 is 2.68 bits per heavy atom. The van der Waals surface area contributed by atoms with Crippen molar-refractivity contribution >= 4 is 5.69 Å². The molecule has 0 amide bonds. The predicted molar refractivity (Wildman–Crippen MR) is 78.5 cm³/mol. The molecule has 0 radical (unpaired) electrons. The molecule has 0 aliphatic heterocycles. The van der Waals surface area contributed by atoms with Crippen molar-refractivity contribution in [3.63, 3.8) is 0 Å². The van der Waals surface area contributed by atoms with Crippen molar-refractivity contribution in [3.05, 3.63) is 23.0 Å². The van der Waals surface area contributed by atoms with Gasteiger partial charge in [0.1, 0.15) is 0 Å². The molecule has 2 N–H and O–H groups in total. The zero-order valence-electron chi connectivity index (χ0n) is 12.4. The molecule has 1 heterocycles. The van der Waals surface area contributed by atoms with Gasteiger partial charge in [-0.05, 0) is 30.9 Å². The molecule has 0 aliphatic carbocycles. The van der Waals surface area contributed by atoms with Crippen molar-refractivity contribution in [3.8, 4) is 6.07 Å². The number of nitriles is 1. The monoisotopic (exact) mass is 260 g/mol. The average molecular weight is 260 g/mol. The first kappa shape index (κ1) is 15.5. The maximum Gasteiger partial charge on any atom is 0.0635 e. The molecule has 1 rings (SSSR count). The van der Waals surface area contributed by atoms with E-state index in [2.05, 4.69) is 29.8 Å². The molecule has 4 heteroatoms. The third-order valence-electron chi connectivity index (χ3n) is 3.21. The Hall–Kier alpha value is -1.60. The number of hydrogen-bond acceptors (Lipinski definition) is 4. The van der Waals surface area contributed by atoms with Gasteiger partial charge in [-0.15, -0.1) is 0 Å². The van der Waals surface area contributed by atoms with E-state index >= 15 is 0 Å². The van der Waals surface area contributed by atoms with E-state index in [1.807, 2.05) is 20.0 Å². The molecule has 0 saturated heterocycles. The second-order valence-electron chi connectivity index (χ2n) is 5.46. The molecule has 1 aromatic heterocycles. The molecular weight excluding hydrogens is 236 g/mol. The molecule has 1 aromatic rings. The zero-order valence-corrected chi connectivity index (χ0v) is 12.4. The smallest absolute Gasteiger partial charge is 0.0635 e. The number of nitrogens with two attached hydrogens (primary N) is 1. The first-order valence-electron chi connectivity index (χ1n) is 6.75. The number of hydrogen-bond donors (Lipinski definition) is 1. The Morgan fingerprint density at radius 1 is 1.42 bits per heavy atom. The fourth-order valence-electron chi connectivity index (χ4n) is 2.12. The highest BCUT2D eigenvalue weighted by Crippen LogP contribution is 2.19. The predicted octanol–water partition coefficient (Wildman–Crippen LogP) is 2.65. The lowest BCUT2D eigenvalue weighted by atomic mass is 10.1. The Bertz CT molecular complexity index is 460. The van der Waals surface area contributed by atoms with Gasteiger partial charge in [0.05, 0.1) is 11.8 Å². The lowest BCUT2D eigenvalue weighted by Crippen LogP contribution is -2.29. The summed E-state index contributed by atoms with van der Waals surface area (Å²) in [5.41, 5.74) is 9.98. The van der Waals surface area contributed by atoms with Gasteiger partial charge in [-0.1, -0.05) is 13.8 Å². The minimum absolute atomic E-state index is 0.549. The second kappa shape index (κ2) is 7.10. The standard InChI is InChI=1S/C15H24N4/c1-11(2)9-19(7-5-6-16)10-14-13(4)15(17)12(3)8-18-14/h8,11H,5,7,9-10H2,1-4H3,(H2,17,18). The van der Waals surface area contributed by atoms with Gasteiger partial charge in [0.2, 0.25) is 0 Å². The highest BCUT2D eigenvalue weighted by molar-refractivity contribution is 5.53. The normalized spacial score (nSPS) is 11.0. The molecule has 0 fully saturated rings. The van der Waals surface area contributed by atoms with Crippen LogP contribution in [-0.2, 0) is 6.54 Å². The van der Waals surface area contributed by atoms with Crippen LogP contribution in [0.25, 0.3) is 0 Å². The van der Waals surface area contributed by atoms with Gasteiger partial charge in [0.15, 0.2) is 0 Å². The quantitative estimate of drug-likeness (QED) is 0.854.